The average Bonchev–Trinajstić information content (AvgIpc) is 2.43. The molecule has 1 aliphatic rings. The van der Waals surface area contributed by atoms with Gasteiger partial charge in [0.15, 0.2) is 0 Å². The van der Waals surface area contributed by atoms with Crippen LogP contribution in [0.25, 0.3) is 0 Å². The third kappa shape index (κ3) is 3.62. The van der Waals surface area contributed by atoms with Crippen molar-refractivity contribution in [1.29, 1.82) is 0 Å². The van der Waals surface area contributed by atoms with Gasteiger partial charge >= 0.3 is 0 Å². The summed E-state index contributed by atoms with van der Waals surface area (Å²) in [5.41, 5.74) is 0.346. The molecule has 21 heavy (non-hydrogen) atoms. The molecule has 1 fully saturated rings. The van der Waals surface area contributed by atoms with Crippen molar-refractivity contribution in [1.82, 2.24) is 4.72 Å². The van der Waals surface area contributed by atoms with Crippen molar-refractivity contribution in [3.8, 4) is 0 Å². The second kappa shape index (κ2) is 6.42. The Balaban J connectivity index is 2.33. The Labute approximate surface area is 125 Å². The lowest BCUT2D eigenvalue weighted by Crippen LogP contribution is -2.41. The van der Waals surface area contributed by atoms with Crippen LogP contribution in [-0.2, 0) is 16.6 Å². The quantitative estimate of drug-likeness (QED) is 0.897. The van der Waals surface area contributed by atoms with E-state index in [2.05, 4.69) is 4.72 Å². The number of halogens is 1. The first kappa shape index (κ1) is 16.4. The summed E-state index contributed by atoms with van der Waals surface area (Å²) >= 11 is 0. The van der Waals surface area contributed by atoms with Crippen LogP contribution in [-0.4, -0.2) is 19.6 Å². The van der Waals surface area contributed by atoms with Crippen LogP contribution in [0.2, 0.25) is 0 Å². The van der Waals surface area contributed by atoms with Gasteiger partial charge in [0.1, 0.15) is 5.82 Å². The third-order valence-electron chi connectivity index (χ3n) is 4.25. The highest BCUT2D eigenvalue weighted by atomic mass is 32.2. The van der Waals surface area contributed by atoms with Crippen LogP contribution >= 0.6 is 0 Å². The van der Waals surface area contributed by atoms with Crippen LogP contribution in [0.1, 0.15) is 43.7 Å². The second-order valence-corrected chi connectivity index (χ2v) is 7.53. The largest absolute Gasteiger partial charge is 0.392 e. The molecule has 4 nitrogen and oxygen atoms in total. The Morgan fingerprint density at radius 1 is 1.33 bits per heavy atom. The molecule has 118 valence electrons. The first-order valence-corrected chi connectivity index (χ1v) is 8.75. The van der Waals surface area contributed by atoms with Crippen molar-refractivity contribution >= 4 is 10.0 Å². The third-order valence-corrected chi connectivity index (χ3v) is 5.86. The molecule has 6 heteroatoms. The normalized spacial score (nSPS) is 23.2. The highest BCUT2D eigenvalue weighted by molar-refractivity contribution is 7.89. The van der Waals surface area contributed by atoms with Crippen molar-refractivity contribution in [3.05, 3.63) is 29.1 Å². The van der Waals surface area contributed by atoms with Crippen LogP contribution in [0, 0.1) is 18.7 Å². The monoisotopic (exact) mass is 315 g/mol. The van der Waals surface area contributed by atoms with Crippen LogP contribution in [0.4, 0.5) is 4.39 Å². The highest BCUT2D eigenvalue weighted by Crippen LogP contribution is 2.27. The minimum atomic E-state index is -3.78. The lowest BCUT2D eigenvalue weighted by atomic mass is 9.87. The van der Waals surface area contributed by atoms with Crippen molar-refractivity contribution in [2.75, 3.05) is 0 Å². The maximum Gasteiger partial charge on any atom is 0.241 e. The van der Waals surface area contributed by atoms with Crippen molar-refractivity contribution in [2.45, 2.75) is 57.1 Å². The van der Waals surface area contributed by atoms with Crippen LogP contribution in [0.15, 0.2) is 17.0 Å². The van der Waals surface area contributed by atoms with Crippen molar-refractivity contribution in [3.63, 3.8) is 0 Å². The molecular formula is C15H22FNO3S. The molecule has 1 aliphatic carbocycles. The van der Waals surface area contributed by atoms with Gasteiger partial charge in [-0.2, -0.15) is 0 Å². The van der Waals surface area contributed by atoms with Gasteiger partial charge in [0.05, 0.1) is 11.5 Å². The van der Waals surface area contributed by atoms with Gasteiger partial charge in [-0.05, 0) is 43.4 Å². The van der Waals surface area contributed by atoms with Gasteiger partial charge in [-0.25, -0.2) is 17.5 Å². The number of benzene rings is 1. The number of aliphatic hydroxyl groups excluding tert-OH is 1. The molecule has 0 aromatic heterocycles. The Hall–Kier alpha value is -0.980. The fraction of sp³-hybridized carbons (Fsp3) is 0.600. The summed E-state index contributed by atoms with van der Waals surface area (Å²) in [5.74, 6) is -0.335. The molecule has 1 aromatic rings. The number of hydrogen-bond donors (Lipinski definition) is 2. The first-order chi connectivity index (χ1) is 9.85. The van der Waals surface area contributed by atoms with E-state index in [1.807, 2.05) is 6.92 Å². The summed E-state index contributed by atoms with van der Waals surface area (Å²) in [7, 11) is -3.78. The van der Waals surface area contributed by atoms with E-state index in [1.54, 1.807) is 0 Å². The van der Waals surface area contributed by atoms with E-state index in [4.69, 9.17) is 5.11 Å². The molecule has 0 aliphatic heterocycles. The zero-order valence-corrected chi connectivity index (χ0v) is 13.2. The maximum atomic E-state index is 13.8. The molecule has 2 rings (SSSR count). The average molecular weight is 315 g/mol. The SMILES string of the molecule is Cc1c(F)cc(CO)cc1S(=O)(=O)NC1CCCCC1C. The first-order valence-electron chi connectivity index (χ1n) is 7.27. The minimum Gasteiger partial charge on any atom is -0.392 e. The van der Waals surface area contributed by atoms with Gasteiger partial charge < -0.3 is 5.11 Å². The van der Waals surface area contributed by atoms with Crippen LogP contribution in [0.5, 0.6) is 0 Å². The van der Waals surface area contributed by atoms with Gasteiger partial charge in [0, 0.05) is 11.6 Å². The molecule has 0 radical (unpaired) electrons. The van der Waals surface area contributed by atoms with Crippen molar-refractivity contribution in [2.24, 2.45) is 5.92 Å². The predicted molar refractivity (Wildman–Crippen MR) is 78.8 cm³/mol. The second-order valence-electron chi connectivity index (χ2n) is 5.85. The van der Waals surface area contributed by atoms with Crippen LogP contribution < -0.4 is 4.72 Å². The molecule has 0 amide bonds. The van der Waals surface area contributed by atoms with Crippen LogP contribution in [0.3, 0.4) is 0 Å². The summed E-state index contributed by atoms with van der Waals surface area (Å²) in [6.45, 7) is 3.08. The molecule has 2 unspecified atom stereocenters. The predicted octanol–water partition coefficient (Wildman–Crippen LogP) is 2.48. The lowest BCUT2D eigenvalue weighted by molar-refractivity contribution is 0.280. The molecule has 0 spiro atoms. The smallest absolute Gasteiger partial charge is 0.241 e. The summed E-state index contributed by atoms with van der Waals surface area (Å²) in [5, 5.41) is 9.12. The number of aliphatic hydroxyl groups is 1. The maximum absolute atomic E-state index is 13.8. The van der Waals surface area contributed by atoms with Gasteiger partial charge in [0.2, 0.25) is 10.0 Å². The fourth-order valence-corrected chi connectivity index (χ4v) is 4.51. The summed E-state index contributed by atoms with van der Waals surface area (Å²) in [4.78, 5) is -0.0793. The minimum absolute atomic E-state index is 0.0793. The lowest BCUT2D eigenvalue weighted by Gasteiger charge is -2.29. The number of rotatable bonds is 4. The molecule has 1 saturated carbocycles. The standard InChI is InChI=1S/C15H22FNO3S/c1-10-5-3-4-6-14(10)17-21(19,20)15-8-12(9-18)7-13(16)11(15)2/h7-8,10,14,17-18H,3-6,9H2,1-2H3. The van der Waals surface area contributed by atoms with Crippen molar-refractivity contribution < 1.29 is 17.9 Å². The Morgan fingerprint density at radius 3 is 2.62 bits per heavy atom. The summed E-state index contributed by atoms with van der Waals surface area (Å²) < 4.78 is 41.6. The number of nitrogens with one attached hydrogen (secondary N) is 1. The summed E-state index contributed by atoms with van der Waals surface area (Å²) in [6, 6.07) is 2.40. The fourth-order valence-electron chi connectivity index (χ4n) is 2.83. The highest BCUT2D eigenvalue weighted by Gasteiger charge is 2.28. The van der Waals surface area contributed by atoms with E-state index < -0.39 is 15.8 Å². The molecule has 0 bridgehead atoms. The van der Waals surface area contributed by atoms with E-state index in [-0.39, 0.29) is 34.6 Å². The molecular weight excluding hydrogens is 293 g/mol. The topological polar surface area (TPSA) is 66.4 Å². The van der Waals surface area contributed by atoms with Gasteiger partial charge in [-0.1, -0.05) is 19.8 Å². The molecule has 0 heterocycles. The molecule has 0 saturated heterocycles. The molecule has 2 N–H and O–H groups in total. The Kier molecular flexibility index (Phi) is 5.01. The van der Waals surface area contributed by atoms with E-state index in [1.165, 1.54) is 13.0 Å². The molecule has 2 atom stereocenters. The zero-order valence-electron chi connectivity index (χ0n) is 12.4. The molecule has 1 aromatic carbocycles. The van der Waals surface area contributed by atoms with E-state index >= 15 is 0 Å². The van der Waals surface area contributed by atoms with E-state index in [0.717, 1.165) is 31.7 Å². The van der Waals surface area contributed by atoms with Gasteiger partial charge in [0.25, 0.3) is 0 Å². The van der Waals surface area contributed by atoms with Gasteiger partial charge in [-0.3, -0.25) is 0 Å². The summed E-state index contributed by atoms with van der Waals surface area (Å²) in [6.07, 6.45) is 3.92. The Morgan fingerprint density at radius 2 is 2.00 bits per heavy atom. The van der Waals surface area contributed by atoms with Gasteiger partial charge in [-0.15, -0.1) is 0 Å². The number of hydrogen-bond acceptors (Lipinski definition) is 3. The number of sulfonamides is 1. The Bertz CT molecular complexity index is 616. The van der Waals surface area contributed by atoms with E-state index in [9.17, 15) is 12.8 Å². The zero-order chi connectivity index (χ0) is 15.6. The van der Waals surface area contributed by atoms with E-state index in [0.29, 0.717) is 0 Å².